The van der Waals surface area contributed by atoms with E-state index in [0.29, 0.717) is 0 Å². The number of hydrogen-bond donors (Lipinski definition) is 1. The molecule has 1 atom stereocenters. The molecule has 1 aromatic heterocycles. The molecular weight excluding hydrogens is 308 g/mol. The summed E-state index contributed by atoms with van der Waals surface area (Å²) in [6.07, 6.45) is 1.90. The maximum Gasteiger partial charge on any atom is 0.113 e. The van der Waals surface area contributed by atoms with Gasteiger partial charge in [0.2, 0.25) is 0 Å². The van der Waals surface area contributed by atoms with Crippen LogP contribution in [0.2, 0.25) is 0 Å². The maximum absolute atomic E-state index is 6.28. The number of rotatable bonds is 2. The summed E-state index contributed by atoms with van der Waals surface area (Å²) in [6.45, 7) is 4.17. The Labute approximate surface area is 119 Å². The molecule has 3 rings (SSSR count). The molecule has 0 bridgehead atoms. The van der Waals surface area contributed by atoms with Gasteiger partial charge in [0.25, 0.3) is 0 Å². The average Bonchev–Trinajstić information content (AvgIpc) is 2.85. The van der Waals surface area contributed by atoms with E-state index >= 15 is 0 Å². The van der Waals surface area contributed by atoms with Gasteiger partial charge in [-0.15, -0.1) is 11.3 Å². The number of halogens is 1. The molecule has 1 unspecified atom stereocenters. The lowest BCUT2D eigenvalue weighted by Gasteiger charge is -2.19. The molecular formula is C14H15BrN2S. The van der Waals surface area contributed by atoms with E-state index in [9.17, 15) is 0 Å². The molecule has 0 fully saturated rings. The molecule has 94 valence electrons. The minimum Gasteiger partial charge on any atom is -0.320 e. The van der Waals surface area contributed by atoms with Crippen LogP contribution in [0.5, 0.6) is 0 Å². The van der Waals surface area contributed by atoms with Crippen LogP contribution in [0.4, 0.5) is 0 Å². The van der Waals surface area contributed by atoms with E-state index in [2.05, 4.69) is 48.0 Å². The lowest BCUT2D eigenvalue weighted by Crippen LogP contribution is -2.31. The summed E-state index contributed by atoms with van der Waals surface area (Å²) in [4.78, 5) is 6.13. The Kier molecular flexibility index (Phi) is 2.84. The number of nitrogens with two attached hydrogens (primary N) is 1. The largest absolute Gasteiger partial charge is 0.320 e. The summed E-state index contributed by atoms with van der Waals surface area (Å²) in [6, 6.07) is 6.41. The fraction of sp³-hybridized carbons (Fsp3) is 0.357. The van der Waals surface area contributed by atoms with Crippen LogP contribution >= 0.6 is 27.3 Å². The van der Waals surface area contributed by atoms with Crippen LogP contribution in [0.3, 0.4) is 0 Å². The maximum atomic E-state index is 6.28. The first-order chi connectivity index (χ1) is 8.51. The minimum absolute atomic E-state index is 0.301. The molecule has 1 aliphatic rings. The standard InChI is InChI=1S/C14H15BrN2S/c1-3-14(2,16)13-17-12-10-5-4-9(15)6-8(10)7-11(12)18-13/h4-6H,3,7,16H2,1-2H3. The topological polar surface area (TPSA) is 38.9 Å². The molecule has 1 aliphatic carbocycles. The lowest BCUT2D eigenvalue weighted by molar-refractivity contribution is 0.474. The van der Waals surface area contributed by atoms with Gasteiger partial charge in [0.1, 0.15) is 5.01 Å². The summed E-state index contributed by atoms with van der Waals surface area (Å²) < 4.78 is 1.13. The van der Waals surface area contributed by atoms with E-state index in [1.807, 2.05) is 0 Å². The van der Waals surface area contributed by atoms with E-state index in [1.54, 1.807) is 11.3 Å². The van der Waals surface area contributed by atoms with E-state index in [1.165, 1.54) is 16.0 Å². The van der Waals surface area contributed by atoms with E-state index in [-0.39, 0.29) is 5.54 Å². The molecule has 18 heavy (non-hydrogen) atoms. The number of benzene rings is 1. The minimum atomic E-state index is -0.301. The van der Waals surface area contributed by atoms with E-state index < -0.39 is 0 Å². The van der Waals surface area contributed by atoms with Gasteiger partial charge in [0.15, 0.2) is 0 Å². The zero-order chi connectivity index (χ0) is 12.9. The van der Waals surface area contributed by atoms with Gasteiger partial charge < -0.3 is 5.73 Å². The summed E-state index contributed by atoms with van der Waals surface area (Å²) in [5.41, 5.74) is 9.75. The van der Waals surface area contributed by atoms with Crippen LogP contribution in [0.15, 0.2) is 22.7 Å². The quantitative estimate of drug-likeness (QED) is 0.772. The van der Waals surface area contributed by atoms with Gasteiger partial charge in [-0.25, -0.2) is 4.98 Å². The molecule has 0 spiro atoms. The Morgan fingerprint density at radius 2 is 2.28 bits per heavy atom. The Hall–Kier alpha value is -0.710. The molecule has 2 N–H and O–H groups in total. The molecule has 0 radical (unpaired) electrons. The van der Waals surface area contributed by atoms with Gasteiger partial charge >= 0.3 is 0 Å². The van der Waals surface area contributed by atoms with Crippen molar-refractivity contribution >= 4 is 27.3 Å². The second-order valence-corrected chi connectivity index (χ2v) is 7.04. The molecule has 0 amide bonds. The van der Waals surface area contributed by atoms with Crippen molar-refractivity contribution in [1.82, 2.24) is 4.98 Å². The van der Waals surface area contributed by atoms with Gasteiger partial charge in [-0.1, -0.05) is 28.9 Å². The van der Waals surface area contributed by atoms with Crippen LogP contribution in [-0.2, 0) is 12.0 Å². The lowest BCUT2D eigenvalue weighted by atomic mass is 10.0. The fourth-order valence-corrected chi connectivity index (χ4v) is 3.83. The Morgan fingerprint density at radius 3 is 3.00 bits per heavy atom. The molecule has 0 saturated carbocycles. The second kappa shape index (κ2) is 4.15. The van der Waals surface area contributed by atoms with Crippen molar-refractivity contribution in [2.45, 2.75) is 32.2 Å². The zero-order valence-corrected chi connectivity index (χ0v) is 12.9. The van der Waals surface area contributed by atoms with Crippen molar-refractivity contribution in [3.63, 3.8) is 0 Å². The van der Waals surface area contributed by atoms with Gasteiger partial charge in [0.05, 0.1) is 11.2 Å². The van der Waals surface area contributed by atoms with Crippen LogP contribution in [0.25, 0.3) is 11.3 Å². The molecule has 1 heterocycles. The fourth-order valence-electron chi connectivity index (χ4n) is 2.19. The third-order valence-electron chi connectivity index (χ3n) is 3.59. The predicted octanol–water partition coefficient (Wildman–Crippen LogP) is 4.06. The predicted molar refractivity (Wildman–Crippen MR) is 79.9 cm³/mol. The first kappa shape index (κ1) is 12.3. The highest BCUT2D eigenvalue weighted by Gasteiger charge is 2.29. The number of nitrogens with zero attached hydrogens (tertiary/aromatic N) is 1. The smallest absolute Gasteiger partial charge is 0.113 e. The Morgan fingerprint density at radius 1 is 1.50 bits per heavy atom. The Bertz CT molecular complexity index is 616. The third-order valence-corrected chi connectivity index (χ3v) is 5.42. The van der Waals surface area contributed by atoms with Crippen LogP contribution < -0.4 is 5.73 Å². The molecule has 0 aliphatic heterocycles. The number of fused-ring (bicyclic) bond motifs is 3. The Balaban J connectivity index is 2.08. The van der Waals surface area contributed by atoms with Gasteiger partial charge in [0, 0.05) is 21.3 Å². The van der Waals surface area contributed by atoms with Crippen molar-refractivity contribution in [3.05, 3.63) is 38.1 Å². The van der Waals surface area contributed by atoms with Crippen LogP contribution in [0.1, 0.15) is 35.7 Å². The third kappa shape index (κ3) is 1.83. The van der Waals surface area contributed by atoms with Crippen LogP contribution in [-0.4, -0.2) is 4.98 Å². The van der Waals surface area contributed by atoms with Gasteiger partial charge in [-0.3, -0.25) is 0 Å². The molecule has 1 aromatic carbocycles. The summed E-state index contributed by atoms with van der Waals surface area (Å²) in [5, 5.41) is 1.06. The van der Waals surface area contributed by atoms with Crippen molar-refractivity contribution in [2.24, 2.45) is 5.73 Å². The molecule has 0 saturated heterocycles. The molecule has 4 heteroatoms. The molecule has 2 aromatic rings. The monoisotopic (exact) mass is 322 g/mol. The summed E-state index contributed by atoms with van der Waals surface area (Å²) in [5.74, 6) is 0. The van der Waals surface area contributed by atoms with E-state index in [0.717, 1.165) is 28.0 Å². The van der Waals surface area contributed by atoms with E-state index in [4.69, 9.17) is 10.7 Å². The normalized spacial score (nSPS) is 16.2. The first-order valence-electron chi connectivity index (χ1n) is 6.09. The average molecular weight is 323 g/mol. The summed E-state index contributed by atoms with van der Waals surface area (Å²) in [7, 11) is 0. The first-order valence-corrected chi connectivity index (χ1v) is 7.70. The highest BCUT2D eigenvalue weighted by atomic mass is 79.9. The highest BCUT2D eigenvalue weighted by molar-refractivity contribution is 9.10. The summed E-state index contributed by atoms with van der Waals surface area (Å²) >= 11 is 5.28. The highest BCUT2D eigenvalue weighted by Crippen LogP contribution is 2.42. The van der Waals surface area contributed by atoms with Gasteiger partial charge in [-0.05, 0) is 31.0 Å². The molecule has 2 nitrogen and oxygen atoms in total. The van der Waals surface area contributed by atoms with Gasteiger partial charge in [-0.2, -0.15) is 0 Å². The van der Waals surface area contributed by atoms with Crippen molar-refractivity contribution in [1.29, 1.82) is 0 Å². The second-order valence-electron chi connectivity index (χ2n) is 5.04. The van der Waals surface area contributed by atoms with Crippen molar-refractivity contribution < 1.29 is 0 Å². The van der Waals surface area contributed by atoms with Crippen molar-refractivity contribution in [3.8, 4) is 11.3 Å². The van der Waals surface area contributed by atoms with Crippen LogP contribution in [0, 0.1) is 0 Å². The number of thiazole rings is 1. The number of hydrogen-bond acceptors (Lipinski definition) is 3. The van der Waals surface area contributed by atoms with Crippen molar-refractivity contribution in [2.75, 3.05) is 0 Å². The zero-order valence-electron chi connectivity index (χ0n) is 10.5. The number of aromatic nitrogens is 1. The SMILES string of the molecule is CCC(C)(N)c1nc2c(s1)Cc1cc(Br)ccc1-2.